The molecule has 2 aromatic rings. The number of methoxy groups -OCH3 is 2. The number of hydrogen-bond acceptors (Lipinski definition) is 4. The topological polar surface area (TPSA) is 77.0 Å². The van der Waals surface area contributed by atoms with Crippen LogP contribution in [0.1, 0.15) is 5.56 Å². The van der Waals surface area contributed by atoms with Gasteiger partial charge in [0, 0.05) is 23.6 Å². The molecule has 1 amide bonds. The maximum Gasteiger partial charge on any atom is 0.404 e. The third-order valence-corrected chi connectivity index (χ3v) is 4.01. The molecule has 3 rings (SSSR count). The van der Waals surface area contributed by atoms with Crippen LogP contribution in [0.3, 0.4) is 0 Å². The number of nitrogens with one attached hydrogen (secondary N) is 1. The number of amides is 1. The quantitative estimate of drug-likeness (QED) is 0.882. The SMILES string of the molecule is COc1ccc(-c2cccc3c2OC(CNC(=O)O)C3)c(OC)c1. The molecule has 0 radical (unpaired) electrons. The van der Waals surface area contributed by atoms with E-state index >= 15 is 0 Å². The van der Waals surface area contributed by atoms with Gasteiger partial charge < -0.3 is 24.6 Å². The van der Waals surface area contributed by atoms with Crippen molar-refractivity contribution in [1.29, 1.82) is 0 Å². The number of hydrogen-bond donors (Lipinski definition) is 2. The van der Waals surface area contributed by atoms with Gasteiger partial charge in [-0.25, -0.2) is 4.79 Å². The van der Waals surface area contributed by atoms with Gasteiger partial charge in [-0.1, -0.05) is 18.2 Å². The Morgan fingerprint density at radius 3 is 2.79 bits per heavy atom. The third-order valence-electron chi connectivity index (χ3n) is 4.01. The highest BCUT2D eigenvalue weighted by molar-refractivity contribution is 5.78. The largest absolute Gasteiger partial charge is 0.497 e. The van der Waals surface area contributed by atoms with Crippen LogP contribution in [0.15, 0.2) is 36.4 Å². The van der Waals surface area contributed by atoms with Gasteiger partial charge in [0.25, 0.3) is 0 Å². The summed E-state index contributed by atoms with van der Waals surface area (Å²) in [4.78, 5) is 10.7. The number of ether oxygens (including phenoxy) is 3. The molecular formula is C18H19NO5. The van der Waals surface area contributed by atoms with Crippen molar-refractivity contribution >= 4 is 6.09 Å². The van der Waals surface area contributed by atoms with Crippen LogP contribution < -0.4 is 19.5 Å². The van der Waals surface area contributed by atoms with Crippen LogP contribution >= 0.6 is 0 Å². The van der Waals surface area contributed by atoms with E-state index < -0.39 is 6.09 Å². The molecule has 2 aromatic carbocycles. The van der Waals surface area contributed by atoms with Crippen molar-refractivity contribution in [2.45, 2.75) is 12.5 Å². The zero-order valence-electron chi connectivity index (χ0n) is 13.5. The van der Waals surface area contributed by atoms with Crippen molar-refractivity contribution in [3.8, 4) is 28.4 Å². The Kier molecular flexibility index (Phi) is 4.46. The molecule has 1 atom stereocenters. The summed E-state index contributed by atoms with van der Waals surface area (Å²) in [7, 11) is 3.22. The minimum atomic E-state index is -1.05. The van der Waals surface area contributed by atoms with Crippen molar-refractivity contribution in [3.05, 3.63) is 42.0 Å². The van der Waals surface area contributed by atoms with Gasteiger partial charge in [-0.3, -0.25) is 0 Å². The van der Waals surface area contributed by atoms with E-state index in [0.717, 1.165) is 22.4 Å². The molecule has 0 saturated heterocycles. The van der Waals surface area contributed by atoms with Gasteiger partial charge in [-0.05, 0) is 17.7 Å². The van der Waals surface area contributed by atoms with E-state index in [1.807, 2.05) is 36.4 Å². The summed E-state index contributed by atoms with van der Waals surface area (Å²) in [6.07, 6.45) is -0.588. The Morgan fingerprint density at radius 1 is 1.25 bits per heavy atom. The van der Waals surface area contributed by atoms with Crippen molar-refractivity contribution in [2.24, 2.45) is 0 Å². The van der Waals surface area contributed by atoms with Crippen molar-refractivity contribution < 1.29 is 24.1 Å². The monoisotopic (exact) mass is 329 g/mol. The van der Waals surface area contributed by atoms with Crippen molar-refractivity contribution in [3.63, 3.8) is 0 Å². The van der Waals surface area contributed by atoms with E-state index in [0.29, 0.717) is 17.9 Å². The number of carboxylic acid groups (broad SMARTS) is 1. The van der Waals surface area contributed by atoms with E-state index in [1.165, 1.54) is 0 Å². The minimum absolute atomic E-state index is 0.207. The Hall–Kier alpha value is -2.89. The van der Waals surface area contributed by atoms with E-state index in [1.54, 1.807) is 14.2 Å². The molecule has 0 aliphatic carbocycles. The molecule has 1 aliphatic rings. The summed E-state index contributed by atoms with van der Waals surface area (Å²) in [5.74, 6) is 2.18. The lowest BCUT2D eigenvalue weighted by Gasteiger charge is -2.15. The summed E-state index contributed by atoms with van der Waals surface area (Å²) in [6.45, 7) is 0.253. The Balaban J connectivity index is 1.93. The summed E-state index contributed by atoms with van der Waals surface area (Å²) < 4.78 is 16.7. The maximum absolute atomic E-state index is 10.7. The maximum atomic E-state index is 10.7. The number of carbonyl (C=O) groups is 1. The molecule has 24 heavy (non-hydrogen) atoms. The van der Waals surface area contributed by atoms with Crippen molar-refractivity contribution in [2.75, 3.05) is 20.8 Å². The van der Waals surface area contributed by atoms with Crippen LogP contribution in [-0.4, -0.2) is 38.1 Å². The number of rotatable bonds is 5. The molecule has 0 spiro atoms. The Bertz CT molecular complexity index is 759. The average molecular weight is 329 g/mol. The van der Waals surface area contributed by atoms with Gasteiger partial charge in [0.1, 0.15) is 23.4 Å². The lowest BCUT2D eigenvalue weighted by Crippen LogP contribution is -2.33. The van der Waals surface area contributed by atoms with E-state index in [-0.39, 0.29) is 12.6 Å². The van der Waals surface area contributed by atoms with Gasteiger partial charge in [-0.2, -0.15) is 0 Å². The first-order valence-corrected chi connectivity index (χ1v) is 7.60. The molecule has 6 nitrogen and oxygen atoms in total. The summed E-state index contributed by atoms with van der Waals surface area (Å²) in [5, 5.41) is 11.1. The fraction of sp³-hybridized carbons (Fsp3) is 0.278. The van der Waals surface area contributed by atoms with Crippen LogP contribution in [0.4, 0.5) is 4.79 Å². The highest BCUT2D eigenvalue weighted by atomic mass is 16.5. The van der Waals surface area contributed by atoms with E-state index in [4.69, 9.17) is 19.3 Å². The normalized spacial score (nSPS) is 15.3. The standard InChI is InChI=1S/C18H19NO5/c1-22-12-6-7-14(16(9-12)23-2)15-5-3-4-11-8-13(24-17(11)15)10-19-18(20)21/h3-7,9,13,19H,8,10H2,1-2H3,(H,20,21). The molecular weight excluding hydrogens is 310 g/mol. The first-order chi connectivity index (χ1) is 11.6. The Morgan fingerprint density at radius 2 is 2.08 bits per heavy atom. The molecule has 0 bridgehead atoms. The first-order valence-electron chi connectivity index (χ1n) is 7.60. The van der Waals surface area contributed by atoms with E-state index in [9.17, 15) is 4.79 Å². The highest BCUT2D eigenvalue weighted by Gasteiger charge is 2.27. The number of benzene rings is 2. The second-order valence-electron chi connectivity index (χ2n) is 5.49. The molecule has 126 valence electrons. The number of para-hydroxylation sites is 1. The third kappa shape index (κ3) is 3.08. The van der Waals surface area contributed by atoms with Crippen LogP contribution in [0.25, 0.3) is 11.1 Å². The first kappa shape index (κ1) is 16.0. The van der Waals surface area contributed by atoms with Crippen molar-refractivity contribution in [1.82, 2.24) is 5.32 Å². The predicted octanol–water partition coefficient (Wildman–Crippen LogP) is 2.94. The molecule has 0 fully saturated rings. The smallest absolute Gasteiger partial charge is 0.404 e. The molecule has 1 unspecified atom stereocenters. The molecule has 2 N–H and O–H groups in total. The fourth-order valence-corrected chi connectivity index (χ4v) is 2.89. The van der Waals surface area contributed by atoms with Crippen LogP contribution in [-0.2, 0) is 6.42 Å². The average Bonchev–Trinajstić information content (AvgIpc) is 3.02. The molecule has 0 aromatic heterocycles. The van der Waals surface area contributed by atoms with Gasteiger partial charge in [0.15, 0.2) is 0 Å². The molecule has 1 aliphatic heterocycles. The second-order valence-corrected chi connectivity index (χ2v) is 5.49. The van der Waals surface area contributed by atoms with Gasteiger partial charge >= 0.3 is 6.09 Å². The molecule has 0 saturated carbocycles. The summed E-state index contributed by atoms with van der Waals surface area (Å²) in [5.41, 5.74) is 2.88. The van der Waals surface area contributed by atoms with Crippen LogP contribution in [0.2, 0.25) is 0 Å². The summed E-state index contributed by atoms with van der Waals surface area (Å²) >= 11 is 0. The van der Waals surface area contributed by atoms with Gasteiger partial charge in [0.05, 0.1) is 20.8 Å². The fourth-order valence-electron chi connectivity index (χ4n) is 2.89. The lowest BCUT2D eigenvalue weighted by atomic mass is 9.99. The van der Waals surface area contributed by atoms with Crippen LogP contribution in [0.5, 0.6) is 17.2 Å². The van der Waals surface area contributed by atoms with E-state index in [2.05, 4.69) is 5.32 Å². The number of fused-ring (bicyclic) bond motifs is 1. The van der Waals surface area contributed by atoms with Crippen LogP contribution in [0, 0.1) is 0 Å². The van der Waals surface area contributed by atoms with Gasteiger partial charge in [-0.15, -0.1) is 0 Å². The highest BCUT2D eigenvalue weighted by Crippen LogP contribution is 2.43. The molecule has 1 heterocycles. The predicted molar refractivity (Wildman–Crippen MR) is 89.1 cm³/mol. The zero-order chi connectivity index (χ0) is 17.1. The van der Waals surface area contributed by atoms with Gasteiger partial charge in [0.2, 0.25) is 0 Å². The molecule has 6 heteroatoms. The lowest BCUT2D eigenvalue weighted by molar-refractivity contribution is 0.181. The Labute approximate surface area is 140 Å². The summed E-state index contributed by atoms with van der Waals surface area (Å²) in [6, 6.07) is 11.6. The minimum Gasteiger partial charge on any atom is -0.497 e. The second kappa shape index (κ2) is 6.70. The zero-order valence-corrected chi connectivity index (χ0v) is 13.5.